The average Bonchev–Trinajstić information content (AvgIpc) is 2.43. The Morgan fingerprint density at radius 2 is 1.42 bits per heavy atom. The molecule has 0 saturated heterocycles. The highest BCUT2D eigenvalue weighted by atomic mass is 35.5. The van der Waals surface area contributed by atoms with Gasteiger partial charge >= 0.3 is 0 Å². The van der Waals surface area contributed by atoms with Gasteiger partial charge in [-0.05, 0) is 63.2 Å². The minimum atomic E-state index is -3.64. The molecule has 0 aliphatic carbocycles. The summed E-state index contributed by atoms with van der Waals surface area (Å²) in [6, 6.07) is 10.3. The first kappa shape index (κ1) is 18.9. The van der Waals surface area contributed by atoms with Crippen molar-refractivity contribution in [2.75, 3.05) is 0 Å². The van der Waals surface area contributed by atoms with Crippen molar-refractivity contribution in [1.29, 1.82) is 0 Å². The molecule has 0 heterocycles. The lowest BCUT2D eigenvalue weighted by Crippen LogP contribution is -2.40. The van der Waals surface area contributed by atoms with E-state index in [4.69, 9.17) is 23.2 Å². The van der Waals surface area contributed by atoms with Gasteiger partial charge in [0.2, 0.25) is 10.0 Å². The van der Waals surface area contributed by atoms with E-state index in [0.29, 0.717) is 21.2 Å². The fourth-order valence-corrected chi connectivity index (χ4v) is 4.04. The average molecular weight is 386 g/mol. The summed E-state index contributed by atoms with van der Waals surface area (Å²) in [5.41, 5.74) is 0.101. The van der Waals surface area contributed by atoms with Gasteiger partial charge in [-0.15, -0.1) is 0 Å². The summed E-state index contributed by atoms with van der Waals surface area (Å²) in [6.07, 6.45) is 0. The Morgan fingerprint density at radius 3 is 1.88 bits per heavy atom. The maximum atomic E-state index is 12.5. The van der Waals surface area contributed by atoms with Crippen molar-refractivity contribution in [2.45, 2.75) is 31.2 Å². The van der Waals surface area contributed by atoms with Crippen molar-refractivity contribution in [3.63, 3.8) is 0 Å². The Kier molecular flexibility index (Phi) is 5.40. The molecule has 0 amide bonds. The molecule has 0 atom stereocenters. The Balaban J connectivity index is 2.31. The third-order valence-electron chi connectivity index (χ3n) is 2.99. The van der Waals surface area contributed by atoms with Gasteiger partial charge in [0.15, 0.2) is 5.78 Å². The molecule has 0 unspecified atom stereocenters. The first-order valence-electron chi connectivity index (χ1n) is 7.13. The van der Waals surface area contributed by atoms with E-state index < -0.39 is 15.6 Å². The molecule has 4 nitrogen and oxygen atoms in total. The highest BCUT2D eigenvalue weighted by molar-refractivity contribution is 7.89. The topological polar surface area (TPSA) is 63.2 Å². The lowest BCUT2D eigenvalue weighted by Gasteiger charge is -2.20. The number of carbonyl (C=O) groups excluding carboxylic acids is 1. The molecule has 0 aliphatic heterocycles. The molecule has 2 aromatic carbocycles. The molecule has 0 aliphatic rings. The molecule has 0 bridgehead atoms. The molecule has 24 heavy (non-hydrogen) atoms. The van der Waals surface area contributed by atoms with E-state index in [2.05, 4.69) is 4.72 Å². The van der Waals surface area contributed by atoms with Crippen molar-refractivity contribution < 1.29 is 13.2 Å². The van der Waals surface area contributed by atoms with E-state index in [9.17, 15) is 13.2 Å². The highest BCUT2D eigenvalue weighted by Gasteiger charge is 2.22. The second-order valence-electron chi connectivity index (χ2n) is 6.37. The van der Waals surface area contributed by atoms with Crippen molar-refractivity contribution in [3.8, 4) is 0 Å². The fraction of sp³-hybridized carbons (Fsp3) is 0.235. The Hall–Kier alpha value is -1.40. The molecule has 0 aromatic heterocycles. The third kappa shape index (κ3) is 4.80. The molecule has 0 radical (unpaired) electrons. The molecule has 2 aromatic rings. The number of ketones is 1. The normalized spacial score (nSPS) is 12.2. The molecule has 2 rings (SSSR count). The first-order chi connectivity index (χ1) is 11.0. The van der Waals surface area contributed by atoms with E-state index in [1.54, 1.807) is 20.8 Å². The van der Waals surface area contributed by atoms with Gasteiger partial charge in [-0.2, -0.15) is 0 Å². The number of halogens is 2. The van der Waals surface area contributed by atoms with E-state index in [0.717, 1.165) is 0 Å². The largest absolute Gasteiger partial charge is 0.289 e. The lowest BCUT2D eigenvalue weighted by atomic mass is 10.0. The minimum Gasteiger partial charge on any atom is -0.289 e. The monoisotopic (exact) mass is 385 g/mol. The summed E-state index contributed by atoms with van der Waals surface area (Å²) in [4.78, 5) is 12.6. The van der Waals surface area contributed by atoms with Crippen LogP contribution in [0.5, 0.6) is 0 Å². The molecule has 0 fully saturated rings. The quantitative estimate of drug-likeness (QED) is 0.797. The number of hydrogen-bond donors (Lipinski definition) is 1. The van der Waals surface area contributed by atoms with Crippen molar-refractivity contribution in [3.05, 3.63) is 63.6 Å². The zero-order valence-corrected chi connectivity index (χ0v) is 15.8. The number of nitrogens with one attached hydrogen (secondary N) is 1. The van der Waals surface area contributed by atoms with Crippen LogP contribution >= 0.6 is 23.2 Å². The Labute approximate surface area is 151 Å². The maximum absolute atomic E-state index is 12.5. The van der Waals surface area contributed by atoms with Crippen LogP contribution in [-0.4, -0.2) is 19.7 Å². The van der Waals surface area contributed by atoms with E-state index in [1.807, 2.05) is 0 Å². The summed E-state index contributed by atoms with van der Waals surface area (Å²) >= 11 is 11.8. The van der Waals surface area contributed by atoms with Crippen LogP contribution in [0.1, 0.15) is 36.7 Å². The SMILES string of the molecule is CC(C)(C)NS(=O)(=O)c1ccc(C(=O)c2cc(Cl)cc(Cl)c2)cc1. The number of sulfonamides is 1. The van der Waals surface area contributed by atoms with Crippen LogP contribution in [0.3, 0.4) is 0 Å². The minimum absolute atomic E-state index is 0.0955. The molecule has 1 N–H and O–H groups in total. The maximum Gasteiger partial charge on any atom is 0.241 e. The molecule has 7 heteroatoms. The number of benzene rings is 2. The van der Waals surface area contributed by atoms with E-state index in [-0.39, 0.29) is 10.7 Å². The second kappa shape index (κ2) is 6.84. The van der Waals surface area contributed by atoms with Crippen LogP contribution in [0.4, 0.5) is 0 Å². The van der Waals surface area contributed by atoms with Gasteiger partial charge in [-0.3, -0.25) is 4.79 Å². The van der Waals surface area contributed by atoms with Crippen molar-refractivity contribution in [1.82, 2.24) is 4.72 Å². The Morgan fingerprint density at radius 1 is 0.917 bits per heavy atom. The van der Waals surface area contributed by atoms with Crippen molar-refractivity contribution >= 4 is 39.0 Å². The van der Waals surface area contributed by atoms with Gasteiger partial charge in [-0.25, -0.2) is 13.1 Å². The van der Waals surface area contributed by atoms with Gasteiger partial charge in [0, 0.05) is 26.7 Å². The highest BCUT2D eigenvalue weighted by Crippen LogP contribution is 2.22. The van der Waals surface area contributed by atoms with Gasteiger partial charge in [0.1, 0.15) is 0 Å². The summed E-state index contributed by atoms with van der Waals surface area (Å²) in [5, 5.41) is 0.721. The van der Waals surface area contributed by atoms with Gasteiger partial charge in [0.05, 0.1) is 4.90 Å². The predicted octanol–water partition coefficient (Wildman–Crippen LogP) is 4.30. The van der Waals surface area contributed by atoms with E-state index >= 15 is 0 Å². The number of carbonyl (C=O) groups is 1. The van der Waals surface area contributed by atoms with Gasteiger partial charge in [-0.1, -0.05) is 23.2 Å². The molecule has 0 saturated carbocycles. The van der Waals surface area contributed by atoms with Crippen LogP contribution in [-0.2, 0) is 10.0 Å². The summed E-state index contributed by atoms with van der Waals surface area (Å²) in [6.45, 7) is 5.27. The fourth-order valence-electron chi connectivity index (χ4n) is 2.10. The number of rotatable bonds is 4. The summed E-state index contributed by atoms with van der Waals surface area (Å²) in [5.74, 6) is -0.285. The molecular weight excluding hydrogens is 369 g/mol. The van der Waals surface area contributed by atoms with Crippen LogP contribution < -0.4 is 4.72 Å². The van der Waals surface area contributed by atoms with Gasteiger partial charge in [0.25, 0.3) is 0 Å². The zero-order chi connectivity index (χ0) is 18.1. The van der Waals surface area contributed by atoms with Crippen LogP contribution in [0.15, 0.2) is 47.4 Å². The Bertz CT molecular complexity index is 849. The molecule has 0 spiro atoms. The third-order valence-corrected chi connectivity index (χ3v) is 5.20. The second-order valence-corrected chi connectivity index (χ2v) is 8.92. The standard InChI is InChI=1S/C17H17Cl2NO3S/c1-17(2,3)20-24(22,23)15-6-4-11(5-7-15)16(21)12-8-13(18)10-14(19)9-12/h4-10,20H,1-3H3. The smallest absolute Gasteiger partial charge is 0.241 e. The van der Waals surface area contributed by atoms with Gasteiger partial charge < -0.3 is 0 Å². The zero-order valence-electron chi connectivity index (χ0n) is 13.4. The van der Waals surface area contributed by atoms with Crippen LogP contribution in [0.2, 0.25) is 10.0 Å². The van der Waals surface area contributed by atoms with E-state index in [1.165, 1.54) is 42.5 Å². The molecule has 128 valence electrons. The summed E-state index contributed by atoms with van der Waals surface area (Å²) < 4.78 is 27.1. The van der Waals surface area contributed by atoms with Crippen LogP contribution in [0, 0.1) is 0 Å². The lowest BCUT2D eigenvalue weighted by molar-refractivity contribution is 0.103. The van der Waals surface area contributed by atoms with Crippen molar-refractivity contribution in [2.24, 2.45) is 0 Å². The first-order valence-corrected chi connectivity index (χ1v) is 9.37. The summed E-state index contributed by atoms with van der Waals surface area (Å²) in [7, 11) is -3.64. The molecular formula is C17H17Cl2NO3S. The number of hydrogen-bond acceptors (Lipinski definition) is 3. The van der Waals surface area contributed by atoms with Crippen LogP contribution in [0.25, 0.3) is 0 Å². The predicted molar refractivity (Wildman–Crippen MR) is 96.4 cm³/mol.